The van der Waals surface area contributed by atoms with Gasteiger partial charge in [0, 0.05) is 18.0 Å². The zero-order chi connectivity index (χ0) is 13.8. The van der Waals surface area contributed by atoms with E-state index in [0.29, 0.717) is 31.3 Å². The third kappa shape index (κ3) is 10.8. The number of alkyl halides is 1. The first-order valence-corrected chi connectivity index (χ1v) is 8.63. The molecule has 0 radical (unpaired) electrons. The van der Waals surface area contributed by atoms with Crippen LogP contribution >= 0.6 is 15.9 Å². The summed E-state index contributed by atoms with van der Waals surface area (Å²) in [6.45, 7) is 6.63. The summed E-state index contributed by atoms with van der Waals surface area (Å²) in [7, 11) is 0. The van der Waals surface area contributed by atoms with Crippen LogP contribution in [0.1, 0.15) is 45.4 Å². The first-order valence-electron chi connectivity index (χ1n) is 7.72. The summed E-state index contributed by atoms with van der Waals surface area (Å²) in [5.74, 6) is 0.941. The maximum Gasteiger partial charge on any atom is 0.0701 e. The summed E-state index contributed by atoms with van der Waals surface area (Å²) < 4.78 is 16.4. The third-order valence-electron chi connectivity index (χ3n) is 3.29. The van der Waals surface area contributed by atoms with E-state index < -0.39 is 0 Å². The monoisotopic (exact) mass is 336 g/mol. The van der Waals surface area contributed by atoms with Crippen LogP contribution in [0.5, 0.6) is 0 Å². The lowest BCUT2D eigenvalue weighted by Gasteiger charge is -2.09. The molecule has 1 aliphatic carbocycles. The van der Waals surface area contributed by atoms with Gasteiger partial charge in [-0.05, 0) is 38.0 Å². The number of hydrogen-bond acceptors (Lipinski definition) is 3. The second kappa shape index (κ2) is 12.1. The van der Waals surface area contributed by atoms with Gasteiger partial charge in [0.1, 0.15) is 0 Å². The lowest BCUT2D eigenvalue weighted by atomic mass is 10.2. The quantitative estimate of drug-likeness (QED) is 0.357. The summed E-state index contributed by atoms with van der Waals surface area (Å²) in [5, 5.41) is 0. The van der Waals surface area contributed by atoms with E-state index in [0.717, 1.165) is 32.0 Å². The number of hydrogen-bond donors (Lipinski definition) is 0. The summed E-state index contributed by atoms with van der Waals surface area (Å²) >= 11 is 3.74. The molecule has 0 spiro atoms. The number of unbranched alkanes of at least 4 members (excludes halogenated alkanes) is 1. The average molecular weight is 337 g/mol. The molecule has 3 nitrogen and oxygen atoms in total. The van der Waals surface area contributed by atoms with Gasteiger partial charge in [-0.2, -0.15) is 0 Å². The van der Waals surface area contributed by atoms with Crippen molar-refractivity contribution in [3.63, 3.8) is 0 Å². The van der Waals surface area contributed by atoms with Crippen molar-refractivity contribution in [2.75, 3.05) is 39.6 Å². The van der Waals surface area contributed by atoms with Crippen molar-refractivity contribution in [3.8, 4) is 0 Å². The van der Waals surface area contributed by atoms with E-state index >= 15 is 0 Å². The first-order chi connectivity index (χ1) is 9.34. The van der Waals surface area contributed by atoms with Crippen molar-refractivity contribution in [3.05, 3.63) is 0 Å². The minimum Gasteiger partial charge on any atom is -0.379 e. The van der Waals surface area contributed by atoms with Gasteiger partial charge in [0.15, 0.2) is 0 Å². The van der Waals surface area contributed by atoms with Gasteiger partial charge in [0.2, 0.25) is 0 Å². The molecule has 0 N–H and O–H groups in total. The topological polar surface area (TPSA) is 27.7 Å². The minimum absolute atomic E-state index is 0.678. The predicted molar refractivity (Wildman–Crippen MR) is 82.0 cm³/mol. The van der Waals surface area contributed by atoms with E-state index in [1.807, 2.05) is 0 Å². The fourth-order valence-electron chi connectivity index (χ4n) is 1.86. The zero-order valence-corrected chi connectivity index (χ0v) is 13.8. The first kappa shape index (κ1) is 17.4. The molecular formula is C15H29BrO3. The molecule has 4 heteroatoms. The van der Waals surface area contributed by atoms with E-state index in [-0.39, 0.29) is 0 Å². The standard InChI is InChI=1S/C15H29BrO3/c1-2-3-8-17-10-12-19-13-11-18-9-4-5-15(16)14-6-7-14/h14-15H,2-13H2,1H3. The van der Waals surface area contributed by atoms with Gasteiger partial charge < -0.3 is 14.2 Å². The molecule has 1 fully saturated rings. The van der Waals surface area contributed by atoms with E-state index in [2.05, 4.69) is 22.9 Å². The maximum absolute atomic E-state index is 5.54. The number of ether oxygens (including phenoxy) is 3. The number of rotatable bonds is 14. The Morgan fingerprint density at radius 3 is 1.95 bits per heavy atom. The van der Waals surface area contributed by atoms with Gasteiger partial charge in [-0.1, -0.05) is 29.3 Å². The highest BCUT2D eigenvalue weighted by molar-refractivity contribution is 9.09. The lowest BCUT2D eigenvalue weighted by molar-refractivity contribution is 0.0134. The summed E-state index contributed by atoms with van der Waals surface area (Å²) in [6, 6.07) is 0. The van der Waals surface area contributed by atoms with E-state index in [4.69, 9.17) is 14.2 Å². The van der Waals surface area contributed by atoms with Gasteiger partial charge in [-0.25, -0.2) is 0 Å². The molecule has 0 aromatic heterocycles. The Labute approximate surface area is 126 Å². The molecule has 1 saturated carbocycles. The Balaban J connectivity index is 1.67. The van der Waals surface area contributed by atoms with Crippen LogP contribution in [0.25, 0.3) is 0 Å². The molecule has 1 rings (SSSR count). The molecule has 19 heavy (non-hydrogen) atoms. The molecule has 0 aliphatic heterocycles. The molecule has 0 heterocycles. The van der Waals surface area contributed by atoms with Crippen molar-refractivity contribution >= 4 is 15.9 Å². The van der Waals surface area contributed by atoms with Crippen molar-refractivity contribution in [1.82, 2.24) is 0 Å². The molecular weight excluding hydrogens is 308 g/mol. The Kier molecular flexibility index (Phi) is 11.1. The summed E-state index contributed by atoms with van der Waals surface area (Å²) in [4.78, 5) is 0.715. The SMILES string of the molecule is CCCCOCCOCCOCCCC(Br)C1CC1. The Morgan fingerprint density at radius 1 is 0.895 bits per heavy atom. The number of halogens is 1. The highest BCUT2D eigenvalue weighted by Gasteiger charge is 2.28. The fraction of sp³-hybridized carbons (Fsp3) is 1.00. The average Bonchev–Trinajstić information content (AvgIpc) is 3.24. The molecule has 0 bridgehead atoms. The van der Waals surface area contributed by atoms with Crippen molar-refractivity contribution in [2.24, 2.45) is 5.92 Å². The second-order valence-electron chi connectivity index (χ2n) is 5.19. The van der Waals surface area contributed by atoms with Crippen LogP contribution in [0.4, 0.5) is 0 Å². The molecule has 114 valence electrons. The van der Waals surface area contributed by atoms with Crippen molar-refractivity contribution in [2.45, 2.75) is 50.3 Å². The van der Waals surface area contributed by atoms with Gasteiger partial charge in [0.05, 0.1) is 26.4 Å². The zero-order valence-electron chi connectivity index (χ0n) is 12.2. The van der Waals surface area contributed by atoms with E-state index in [9.17, 15) is 0 Å². The van der Waals surface area contributed by atoms with Gasteiger partial charge in [0.25, 0.3) is 0 Å². The van der Waals surface area contributed by atoms with Crippen LogP contribution in [0.2, 0.25) is 0 Å². The Morgan fingerprint density at radius 2 is 1.42 bits per heavy atom. The lowest BCUT2D eigenvalue weighted by Crippen LogP contribution is -2.10. The highest BCUT2D eigenvalue weighted by Crippen LogP contribution is 2.38. The van der Waals surface area contributed by atoms with Gasteiger partial charge in [-0.3, -0.25) is 0 Å². The second-order valence-corrected chi connectivity index (χ2v) is 6.36. The molecule has 0 amide bonds. The minimum atomic E-state index is 0.678. The maximum atomic E-state index is 5.54. The normalized spacial score (nSPS) is 16.7. The van der Waals surface area contributed by atoms with Crippen LogP contribution in [-0.2, 0) is 14.2 Å². The van der Waals surface area contributed by atoms with Crippen LogP contribution in [0, 0.1) is 5.92 Å². The molecule has 0 aromatic rings. The van der Waals surface area contributed by atoms with Crippen molar-refractivity contribution in [1.29, 1.82) is 0 Å². The third-order valence-corrected chi connectivity index (χ3v) is 4.49. The Bertz CT molecular complexity index is 198. The molecule has 0 aromatic carbocycles. The van der Waals surface area contributed by atoms with Gasteiger partial charge in [-0.15, -0.1) is 0 Å². The smallest absolute Gasteiger partial charge is 0.0701 e. The van der Waals surface area contributed by atoms with Crippen LogP contribution in [0.3, 0.4) is 0 Å². The predicted octanol–water partition coefficient (Wildman–Crippen LogP) is 3.79. The molecule has 1 atom stereocenters. The highest BCUT2D eigenvalue weighted by atomic mass is 79.9. The van der Waals surface area contributed by atoms with Crippen LogP contribution in [-0.4, -0.2) is 44.5 Å². The van der Waals surface area contributed by atoms with Crippen LogP contribution in [0.15, 0.2) is 0 Å². The van der Waals surface area contributed by atoms with E-state index in [1.165, 1.54) is 25.7 Å². The summed E-state index contributed by atoms with van der Waals surface area (Å²) in [6.07, 6.45) is 7.52. The van der Waals surface area contributed by atoms with Crippen molar-refractivity contribution < 1.29 is 14.2 Å². The van der Waals surface area contributed by atoms with Gasteiger partial charge >= 0.3 is 0 Å². The fourth-order valence-corrected chi connectivity index (χ4v) is 2.71. The Hall–Kier alpha value is 0.360. The summed E-state index contributed by atoms with van der Waals surface area (Å²) in [5.41, 5.74) is 0. The van der Waals surface area contributed by atoms with Crippen LogP contribution < -0.4 is 0 Å². The molecule has 1 unspecified atom stereocenters. The largest absolute Gasteiger partial charge is 0.379 e. The molecule has 1 aliphatic rings. The van der Waals surface area contributed by atoms with E-state index in [1.54, 1.807) is 0 Å². The molecule has 0 saturated heterocycles.